The smallest absolute Gasteiger partial charge is 0.256 e. The van der Waals surface area contributed by atoms with E-state index in [0.29, 0.717) is 18.0 Å². The van der Waals surface area contributed by atoms with Gasteiger partial charge < -0.3 is 15.5 Å². The molecule has 1 unspecified atom stereocenters. The first-order chi connectivity index (χ1) is 21.2. The molecule has 0 spiro atoms. The van der Waals surface area contributed by atoms with Crippen LogP contribution in [0, 0.1) is 5.92 Å². The van der Waals surface area contributed by atoms with Crippen LogP contribution in [0.5, 0.6) is 0 Å². The molecule has 0 radical (unpaired) electrons. The highest BCUT2D eigenvalue weighted by atomic mass is 16.2. The van der Waals surface area contributed by atoms with Gasteiger partial charge in [0.1, 0.15) is 0 Å². The molecule has 5 nitrogen and oxygen atoms in total. The lowest BCUT2D eigenvalue weighted by Crippen LogP contribution is -2.40. The molecule has 1 aliphatic rings. The second-order valence-corrected chi connectivity index (χ2v) is 12.9. The number of hydrogen-bond acceptors (Lipinski definition) is 3. The van der Waals surface area contributed by atoms with Crippen molar-refractivity contribution in [1.29, 1.82) is 0 Å². The first kappa shape index (κ1) is 31.1. The van der Waals surface area contributed by atoms with Crippen LogP contribution in [0.2, 0.25) is 0 Å². The Morgan fingerprint density at radius 1 is 0.818 bits per heavy atom. The van der Waals surface area contributed by atoms with Crippen LogP contribution < -0.4 is 15.5 Å². The summed E-state index contributed by atoms with van der Waals surface area (Å²) in [6.45, 7) is 11.2. The fourth-order valence-electron chi connectivity index (χ4n) is 6.18. The highest BCUT2D eigenvalue weighted by Gasteiger charge is 2.32. The van der Waals surface area contributed by atoms with Gasteiger partial charge in [-0.1, -0.05) is 100 Å². The third kappa shape index (κ3) is 7.39. The molecular formula is C39H45N3O2. The minimum atomic E-state index is -0.123. The summed E-state index contributed by atoms with van der Waals surface area (Å²) in [5, 5.41) is 6.24. The van der Waals surface area contributed by atoms with Crippen LogP contribution >= 0.6 is 0 Å². The standard InChI is InChI=1S/C39H45N3O2/c1-5-25-40-38(44)36(29-11-7-6-8-12-29)30-23-26-42(27-24-30)33-21-19-32(20-22-33)41-37(43)35-14-10-9-13-34(35)28-15-17-31(18-16-28)39(2,3)4/h6-22,30,36H,5,23-27H2,1-4H3,(H,40,44)(H,41,43). The van der Waals surface area contributed by atoms with E-state index in [1.807, 2.05) is 54.6 Å². The van der Waals surface area contributed by atoms with Crippen molar-refractivity contribution < 1.29 is 9.59 Å². The molecule has 1 fully saturated rings. The van der Waals surface area contributed by atoms with Crippen molar-refractivity contribution in [2.45, 2.75) is 58.3 Å². The van der Waals surface area contributed by atoms with Crippen molar-refractivity contribution in [2.24, 2.45) is 5.92 Å². The molecule has 1 saturated heterocycles. The maximum atomic E-state index is 13.4. The van der Waals surface area contributed by atoms with Gasteiger partial charge in [-0.25, -0.2) is 0 Å². The van der Waals surface area contributed by atoms with Crippen LogP contribution in [-0.2, 0) is 10.2 Å². The van der Waals surface area contributed by atoms with Gasteiger partial charge in [0.05, 0.1) is 5.92 Å². The second kappa shape index (κ2) is 13.9. The number of benzene rings is 4. The van der Waals surface area contributed by atoms with E-state index in [2.05, 4.69) is 91.8 Å². The molecule has 1 atom stereocenters. The summed E-state index contributed by atoms with van der Waals surface area (Å²) >= 11 is 0. The number of amides is 2. The highest BCUT2D eigenvalue weighted by Crippen LogP contribution is 2.35. The second-order valence-electron chi connectivity index (χ2n) is 12.9. The van der Waals surface area contributed by atoms with E-state index in [1.54, 1.807) is 0 Å². The molecule has 4 aromatic carbocycles. The molecule has 5 heteroatoms. The fraction of sp³-hybridized carbons (Fsp3) is 0.333. The molecule has 2 N–H and O–H groups in total. The Balaban J connectivity index is 1.23. The summed E-state index contributed by atoms with van der Waals surface area (Å²) in [6.07, 6.45) is 2.83. The van der Waals surface area contributed by atoms with Crippen LogP contribution in [-0.4, -0.2) is 31.4 Å². The molecule has 44 heavy (non-hydrogen) atoms. The quantitative estimate of drug-likeness (QED) is 0.207. The van der Waals surface area contributed by atoms with Crippen LogP contribution in [0.3, 0.4) is 0 Å². The van der Waals surface area contributed by atoms with Gasteiger partial charge in [0.2, 0.25) is 5.91 Å². The van der Waals surface area contributed by atoms with E-state index in [9.17, 15) is 9.59 Å². The average molecular weight is 588 g/mol. The zero-order chi connectivity index (χ0) is 31.1. The maximum absolute atomic E-state index is 13.4. The van der Waals surface area contributed by atoms with Crippen molar-refractivity contribution in [3.63, 3.8) is 0 Å². The minimum absolute atomic E-state index is 0.0762. The van der Waals surface area contributed by atoms with Crippen LogP contribution in [0.25, 0.3) is 11.1 Å². The zero-order valence-electron chi connectivity index (χ0n) is 26.5. The van der Waals surface area contributed by atoms with Gasteiger partial charge in [-0.2, -0.15) is 0 Å². The number of carbonyl (C=O) groups excluding carboxylic acids is 2. The lowest BCUT2D eigenvalue weighted by molar-refractivity contribution is -0.124. The highest BCUT2D eigenvalue weighted by molar-refractivity contribution is 6.08. The Kier molecular flexibility index (Phi) is 9.84. The normalized spacial score (nSPS) is 14.6. The maximum Gasteiger partial charge on any atom is 0.256 e. The fourth-order valence-corrected chi connectivity index (χ4v) is 6.18. The van der Waals surface area contributed by atoms with Crippen LogP contribution in [0.15, 0.2) is 103 Å². The van der Waals surface area contributed by atoms with Crippen molar-refractivity contribution in [3.05, 3.63) is 120 Å². The molecule has 0 saturated carbocycles. The largest absolute Gasteiger partial charge is 0.372 e. The predicted octanol–water partition coefficient (Wildman–Crippen LogP) is 8.43. The summed E-state index contributed by atoms with van der Waals surface area (Å²) < 4.78 is 0. The van der Waals surface area contributed by atoms with Gasteiger partial charge in [0, 0.05) is 36.6 Å². The summed E-state index contributed by atoms with van der Waals surface area (Å²) in [5.41, 5.74) is 6.94. The van der Waals surface area contributed by atoms with E-state index in [0.717, 1.165) is 60.4 Å². The van der Waals surface area contributed by atoms with Gasteiger partial charge in [-0.15, -0.1) is 0 Å². The van der Waals surface area contributed by atoms with E-state index in [4.69, 9.17) is 0 Å². The van der Waals surface area contributed by atoms with Crippen molar-refractivity contribution in [1.82, 2.24) is 5.32 Å². The Bertz CT molecular complexity index is 1530. The van der Waals surface area contributed by atoms with Gasteiger partial charge >= 0.3 is 0 Å². The number of carbonyl (C=O) groups is 2. The molecule has 228 valence electrons. The topological polar surface area (TPSA) is 61.4 Å². The average Bonchev–Trinajstić information content (AvgIpc) is 3.05. The minimum Gasteiger partial charge on any atom is -0.372 e. The van der Waals surface area contributed by atoms with Crippen molar-refractivity contribution in [2.75, 3.05) is 29.9 Å². The van der Waals surface area contributed by atoms with Crippen LogP contribution in [0.1, 0.15) is 74.4 Å². The zero-order valence-corrected chi connectivity index (χ0v) is 26.5. The Morgan fingerprint density at radius 3 is 2.09 bits per heavy atom. The van der Waals surface area contributed by atoms with Gasteiger partial charge in [0.25, 0.3) is 5.91 Å². The van der Waals surface area contributed by atoms with Gasteiger partial charge in [-0.05, 0) is 83.2 Å². The summed E-state index contributed by atoms with van der Waals surface area (Å²) in [6, 6.07) is 34.6. The molecule has 0 aromatic heterocycles. The van der Waals surface area contributed by atoms with E-state index in [1.165, 1.54) is 5.56 Å². The molecule has 2 amide bonds. The Hall–Kier alpha value is -4.38. The molecule has 0 aliphatic carbocycles. The molecular weight excluding hydrogens is 542 g/mol. The van der Waals surface area contributed by atoms with E-state index >= 15 is 0 Å². The summed E-state index contributed by atoms with van der Waals surface area (Å²) in [7, 11) is 0. The summed E-state index contributed by atoms with van der Waals surface area (Å²) in [4.78, 5) is 29.0. The number of nitrogens with zero attached hydrogens (tertiary/aromatic N) is 1. The molecule has 4 aromatic rings. The van der Waals surface area contributed by atoms with Crippen molar-refractivity contribution in [3.8, 4) is 11.1 Å². The third-order valence-corrected chi connectivity index (χ3v) is 8.73. The van der Waals surface area contributed by atoms with E-state index < -0.39 is 0 Å². The number of hydrogen-bond donors (Lipinski definition) is 2. The van der Waals surface area contributed by atoms with Gasteiger partial charge in [-0.3, -0.25) is 9.59 Å². The molecule has 1 heterocycles. The molecule has 0 bridgehead atoms. The number of nitrogens with one attached hydrogen (secondary N) is 2. The number of piperidine rings is 1. The lowest BCUT2D eigenvalue weighted by atomic mass is 9.79. The molecule has 1 aliphatic heterocycles. The van der Waals surface area contributed by atoms with Crippen molar-refractivity contribution >= 4 is 23.2 Å². The third-order valence-electron chi connectivity index (χ3n) is 8.73. The first-order valence-corrected chi connectivity index (χ1v) is 15.9. The Morgan fingerprint density at radius 2 is 1.45 bits per heavy atom. The predicted molar refractivity (Wildman–Crippen MR) is 182 cm³/mol. The molecule has 5 rings (SSSR count). The SMILES string of the molecule is CCCNC(=O)C(c1ccccc1)C1CCN(c2ccc(NC(=O)c3ccccc3-c3ccc(C(C)(C)C)cc3)cc2)CC1. The van der Waals surface area contributed by atoms with Crippen LogP contribution in [0.4, 0.5) is 11.4 Å². The van der Waals surface area contributed by atoms with E-state index in [-0.39, 0.29) is 23.1 Å². The Labute approximate surface area is 262 Å². The number of rotatable bonds is 9. The van der Waals surface area contributed by atoms with Gasteiger partial charge in [0.15, 0.2) is 0 Å². The summed E-state index contributed by atoms with van der Waals surface area (Å²) in [5.74, 6) is 0.193. The first-order valence-electron chi connectivity index (χ1n) is 15.9. The monoisotopic (exact) mass is 587 g/mol. The number of anilines is 2. The lowest BCUT2D eigenvalue weighted by Gasteiger charge is -2.37.